The van der Waals surface area contributed by atoms with Crippen LogP contribution in [0.1, 0.15) is 95.6 Å². The summed E-state index contributed by atoms with van der Waals surface area (Å²) in [5, 5.41) is 19.6. The van der Waals surface area contributed by atoms with E-state index in [0.717, 1.165) is 82.6 Å². The van der Waals surface area contributed by atoms with Gasteiger partial charge >= 0.3 is 11.9 Å². The molecule has 6 nitrogen and oxygen atoms in total. The Balaban J connectivity index is 1.71. The Morgan fingerprint density at radius 2 is 1.83 bits per heavy atom. The minimum atomic E-state index is -0.982. The first-order chi connectivity index (χ1) is 16.9. The van der Waals surface area contributed by atoms with Crippen LogP contribution < -0.4 is 4.74 Å². The second kappa shape index (κ2) is 13.9. The van der Waals surface area contributed by atoms with Gasteiger partial charge in [0.15, 0.2) is 6.61 Å². The second-order valence-corrected chi connectivity index (χ2v) is 10.5. The summed E-state index contributed by atoms with van der Waals surface area (Å²) >= 11 is 0. The molecule has 1 saturated carbocycles. The number of aliphatic carboxylic acids is 1. The van der Waals surface area contributed by atoms with Crippen LogP contribution in [0.2, 0.25) is 0 Å². The van der Waals surface area contributed by atoms with E-state index in [2.05, 4.69) is 19.9 Å². The van der Waals surface area contributed by atoms with Gasteiger partial charge in [-0.15, -0.1) is 0 Å². The van der Waals surface area contributed by atoms with E-state index in [1.807, 2.05) is 12.1 Å². The van der Waals surface area contributed by atoms with Crippen molar-refractivity contribution < 1.29 is 29.3 Å². The zero-order valence-corrected chi connectivity index (χ0v) is 21.5. The van der Waals surface area contributed by atoms with Gasteiger partial charge in [0.25, 0.3) is 0 Å². The maximum Gasteiger partial charge on any atom is 0.341 e. The SMILES string of the molecule is CCCCCC(=O)O[C@@H]1C[C@@H]2Cc3c(cccc3OCC(=O)O)C[C@@H]2[C@H]1CC[C@@H](O)CCCCC. The Morgan fingerprint density at radius 1 is 1.06 bits per heavy atom. The average Bonchev–Trinajstić information content (AvgIpc) is 3.15. The van der Waals surface area contributed by atoms with Crippen LogP contribution in [-0.4, -0.2) is 41.0 Å². The molecule has 0 spiro atoms. The Kier molecular flexibility index (Phi) is 10.9. The molecule has 3 rings (SSSR count). The van der Waals surface area contributed by atoms with Gasteiger partial charge in [-0.3, -0.25) is 4.79 Å². The van der Waals surface area contributed by atoms with Gasteiger partial charge in [0.05, 0.1) is 6.10 Å². The smallest absolute Gasteiger partial charge is 0.341 e. The largest absolute Gasteiger partial charge is 0.482 e. The number of rotatable bonds is 15. The van der Waals surface area contributed by atoms with Gasteiger partial charge < -0.3 is 19.7 Å². The second-order valence-electron chi connectivity index (χ2n) is 10.5. The highest BCUT2D eigenvalue weighted by molar-refractivity contribution is 5.69. The van der Waals surface area contributed by atoms with Crippen LogP contribution in [0.15, 0.2) is 18.2 Å². The van der Waals surface area contributed by atoms with Crippen LogP contribution >= 0.6 is 0 Å². The van der Waals surface area contributed by atoms with E-state index < -0.39 is 5.97 Å². The number of carboxylic acids is 1. The third-order valence-electron chi connectivity index (χ3n) is 7.91. The van der Waals surface area contributed by atoms with Crippen LogP contribution in [0.5, 0.6) is 5.75 Å². The number of unbranched alkanes of at least 4 members (excludes halogenated alkanes) is 4. The lowest BCUT2D eigenvalue weighted by atomic mass is 9.73. The molecule has 196 valence electrons. The summed E-state index contributed by atoms with van der Waals surface area (Å²) in [4.78, 5) is 23.6. The van der Waals surface area contributed by atoms with Crippen molar-refractivity contribution in [2.24, 2.45) is 17.8 Å². The Labute approximate surface area is 210 Å². The fraction of sp³-hybridized carbons (Fsp3) is 0.724. The first kappa shape index (κ1) is 27.5. The fourth-order valence-electron chi connectivity index (χ4n) is 6.09. The molecule has 0 heterocycles. The van der Waals surface area contributed by atoms with E-state index in [1.165, 1.54) is 5.56 Å². The van der Waals surface area contributed by atoms with Crippen molar-refractivity contribution in [1.29, 1.82) is 0 Å². The van der Waals surface area contributed by atoms with Crippen LogP contribution in [-0.2, 0) is 27.2 Å². The topological polar surface area (TPSA) is 93.1 Å². The molecule has 0 amide bonds. The van der Waals surface area contributed by atoms with Crippen molar-refractivity contribution in [3.8, 4) is 5.75 Å². The summed E-state index contributed by atoms with van der Waals surface area (Å²) in [6.07, 6.45) is 11.4. The van der Waals surface area contributed by atoms with Crippen molar-refractivity contribution in [2.75, 3.05) is 6.61 Å². The predicted octanol–water partition coefficient (Wildman–Crippen LogP) is 5.71. The Bertz CT molecular complexity index is 821. The number of aliphatic hydroxyl groups is 1. The summed E-state index contributed by atoms with van der Waals surface area (Å²) in [5.41, 5.74) is 2.31. The van der Waals surface area contributed by atoms with E-state index in [0.29, 0.717) is 24.0 Å². The van der Waals surface area contributed by atoms with Crippen LogP contribution in [0.4, 0.5) is 0 Å². The molecule has 1 aromatic rings. The normalized spacial score (nSPS) is 23.9. The molecule has 5 atom stereocenters. The standard InChI is InChI=1S/C29H44O6/c1-3-5-7-11-22(30)14-15-23-24-16-20-10-9-12-26(34-19-28(31)32)25(20)17-21(24)18-27(23)35-29(33)13-8-6-4-2/h9-10,12,21-24,27,30H,3-8,11,13-19H2,1-2H3,(H,31,32)/t21-,22-,23+,24-,27+/m0/s1. The third kappa shape index (κ3) is 7.96. The molecule has 2 aliphatic rings. The molecule has 0 bridgehead atoms. The van der Waals surface area contributed by atoms with E-state index >= 15 is 0 Å². The van der Waals surface area contributed by atoms with Crippen molar-refractivity contribution in [1.82, 2.24) is 0 Å². The first-order valence-electron chi connectivity index (χ1n) is 13.8. The van der Waals surface area contributed by atoms with Crippen molar-refractivity contribution >= 4 is 11.9 Å². The molecular formula is C29H44O6. The lowest BCUT2D eigenvalue weighted by molar-refractivity contribution is -0.151. The number of fused-ring (bicyclic) bond motifs is 2. The van der Waals surface area contributed by atoms with E-state index in [-0.39, 0.29) is 30.7 Å². The van der Waals surface area contributed by atoms with E-state index in [1.54, 1.807) is 0 Å². The molecule has 0 aliphatic heterocycles. The number of hydrogen-bond donors (Lipinski definition) is 2. The van der Waals surface area contributed by atoms with Gasteiger partial charge in [-0.05, 0) is 79.9 Å². The average molecular weight is 489 g/mol. The number of carbonyl (C=O) groups is 2. The minimum absolute atomic E-state index is 0.0985. The van der Waals surface area contributed by atoms with Crippen LogP contribution in [0.3, 0.4) is 0 Å². The molecule has 6 heteroatoms. The highest BCUT2D eigenvalue weighted by Gasteiger charge is 2.47. The van der Waals surface area contributed by atoms with Gasteiger partial charge in [0.2, 0.25) is 0 Å². The third-order valence-corrected chi connectivity index (χ3v) is 7.91. The van der Waals surface area contributed by atoms with Crippen molar-refractivity contribution in [3.63, 3.8) is 0 Å². The Hall–Kier alpha value is -2.08. The number of esters is 1. The molecule has 0 unspecified atom stereocenters. The maximum absolute atomic E-state index is 12.6. The molecule has 2 aliphatic carbocycles. The quantitative estimate of drug-likeness (QED) is 0.242. The molecule has 0 radical (unpaired) electrons. The molecular weight excluding hydrogens is 444 g/mol. The number of benzene rings is 1. The van der Waals surface area contributed by atoms with Gasteiger partial charge in [-0.2, -0.15) is 0 Å². The van der Waals surface area contributed by atoms with Gasteiger partial charge in [0, 0.05) is 6.42 Å². The molecule has 1 fully saturated rings. The van der Waals surface area contributed by atoms with Gasteiger partial charge in [-0.25, -0.2) is 4.79 Å². The zero-order valence-electron chi connectivity index (χ0n) is 21.5. The molecule has 0 saturated heterocycles. The molecule has 1 aromatic carbocycles. The summed E-state index contributed by atoms with van der Waals surface area (Å²) in [6.45, 7) is 3.95. The van der Waals surface area contributed by atoms with E-state index in [9.17, 15) is 14.7 Å². The number of aliphatic hydroxyl groups excluding tert-OH is 1. The van der Waals surface area contributed by atoms with Crippen LogP contribution in [0.25, 0.3) is 0 Å². The minimum Gasteiger partial charge on any atom is -0.482 e. The van der Waals surface area contributed by atoms with E-state index in [4.69, 9.17) is 14.6 Å². The number of carboxylic acid groups (broad SMARTS) is 1. The number of hydrogen-bond acceptors (Lipinski definition) is 5. The monoisotopic (exact) mass is 488 g/mol. The summed E-state index contributed by atoms with van der Waals surface area (Å²) in [5.74, 6) is 0.587. The molecule has 0 aromatic heterocycles. The Morgan fingerprint density at radius 3 is 2.57 bits per heavy atom. The first-order valence-corrected chi connectivity index (χ1v) is 13.8. The van der Waals surface area contributed by atoms with Gasteiger partial charge in [-0.1, -0.05) is 58.1 Å². The van der Waals surface area contributed by atoms with Crippen LogP contribution in [0, 0.1) is 17.8 Å². The summed E-state index contributed by atoms with van der Waals surface area (Å²) < 4.78 is 11.7. The van der Waals surface area contributed by atoms with Gasteiger partial charge in [0.1, 0.15) is 11.9 Å². The van der Waals surface area contributed by atoms with Crippen molar-refractivity contribution in [2.45, 2.75) is 110 Å². The summed E-state index contributed by atoms with van der Waals surface area (Å²) in [6, 6.07) is 5.90. The molecule has 2 N–H and O–H groups in total. The molecule has 35 heavy (non-hydrogen) atoms. The zero-order chi connectivity index (χ0) is 25.2. The lowest BCUT2D eigenvalue weighted by Crippen LogP contribution is -2.29. The highest BCUT2D eigenvalue weighted by atomic mass is 16.5. The fourth-order valence-corrected chi connectivity index (χ4v) is 6.09. The number of carbonyl (C=O) groups excluding carboxylic acids is 1. The predicted molar refractivity (Wildman–Crippen MR) is 135 cm³/mol. The highest BCUT2D eigenvalue weighted by Crippen LogP contribution is 2.49. The number of ether oxygens (including phenoxy) is 2. The van der Waals surface area contributed by atoms with Crippen molar-refractivity contribution in [3.05, 3.63) is 29.3 Å². The summed E-state index contributed by atoms with van der Waals surface area (Å²) in [7, 11) is 0. The maximum atomic E-state index is 12.6. The lowest BCUT2D eigenvalue weighted by Gasteiger charge is -2.32.